The Labute approximate surface area is 159 Å². The molecule has 0 saturated carbocycles. The molecule has 1 aromatic heterocycles. The van der Waals surface area contributed by atoms with Crippen molar-refractivity contribution < 1.29 is 27.1 Å². The SMILES string of the molecule is COCC1CN(c2ccc(C#N)c(C(F)(F)F)c2)CCN1C(=O)c1ccoc1. The number of nitriles is 1. The van der Waals surface area contributed by atoms with E-state index in [1.165, 1.54) is 31.8 Å². The molecular weight excluding hydrogens is 375 g/mol. The zero-order valence-corrected chi connectivity index (χ0v) is 15.1. The summed E-state index contributed by atoms with van der Waals surface area (Å²) in [7, 11) is 1.50. The van der Waals surface area contributed by atoms with Gasteiger partial charge < -0.3 is 19.0 Å². The molecule has 1 amide bonds. The van der Waals surface area contributed by atoms with Gasteiger partial charge in [-0.3, -0.25) is 4.79 Å². The van der Waals surface area contributed by atoms with Gasteiger partial charge in [0.25, 0.3) is 5.91 Å². The highest BCUT2D eigenvalue weighted by Gasteiger charge is 2.36. The summed E-state index contributed by atoms with van der Waals surface area (Å²) in [4.78, 5) is 16.1. The van der Waals surface area contributed by atoms with Gasteiger partial charge in [0, 0.05) is 32.4 Å². The highest BCUT2D eigenvalue weighted by molar-refractivity contribution is 5.94. The first-order valence-corrected chi connectivity index (χ1v) is 8.53. The summed E-state index contributed by atoms with van der Waals surface area (Å²) >= 11 is 0. The van der Waals surface area contributed by atoms with E-state index in [0.29, 0.717) is 30.9 Å². The van der Waals surface area contributed by atoms with Crippen LogP contribution >= 0.6 is 0 Å². The number of amides is 1. The van der Waals surface area contributed by atoms with E-state index in [1.807, 2.05) is 0 Å². The zero-order chi connectivity index (χ0) is 20.3. The average Bonchev–Trinajstić information content (AvgIpc) is 3.21. The number of methoxy groups -OCH3 is 1. The molecule has 0 spiro atoms. The minimum Gasteiger partial charge on any atom is -0.472 e. The maximum atomic E-state index is 13.3. The van der Waals surface area contributed by atoms with Crippen molar-refractivity contribution in [3.05, 3.63) is 53.5 Å². The minimum absolute atomic E-state index is 0.216. The van der Waals surface area contributed by atoms with E-state index in [4.69, 9.17) is 14.4 Å². The van der Waals surface area contributed by atoms with Crippen molar-refractivity contribution in [2.75, 3.05) is 38.3 Å². The normalized spacial score (nSPS) is 17.5. The number of rotatable bonds is 4. The maximum Gasteiger partial charge on any atom is 0.417 e. The van der Waals surface area contributed by atoms with E-state index < -0.39 is 17.3 Å². The molecule has 0 aliphatic carbocycles. The van der Waals surface area contributed by atoms with Crippen LogP contribution in [0, 0.1) is 11.3 Å². The number of hydrogen-bond acceptors (Lipinski definition) is 5. The molecule has 1 aliphatic rings. The van der Waals surface area contributed by atoms with Gasteiger partial charge in [0.15, 0.2) is 0 Å². The van der Waals surface area contributed by atoms with Crippen LogP contribution in [0.25, 0.3) is 0 Å². The number of benzene rings is 1. The molecule has 0 radical (unpaired) electrons. The Hall–Kier alpha value is -2.99. The Morgan fingerprint density at radius 3 is 2.75 bits per heavy atom. The number of anilines is 1. The molecule has 2 aromatic rings. The fourth-order valence-corrected chi connectivity index (χ4v) is 3.31. The molecule has 6 nitrogen and oxygen atoms in total. The maximum absolute atomic E-state index is 13.3. The van der Waals surface area contributed by atoms with Gasteiger partial charge in [-0.2, -0.15) is 18.4 Å². The van der Waals surface area contributed by atoms with Gasteiger partial charge in [-0.05, 0) is 24.3 Å². The lowest BCUT2D eigenvalue weighted by Crippen LogP contribution is -2.57. The third-order valence-corrected chi connectivity index (χ3v) is 4.66. The topological polar surface area (TPSA) is 69.7 Å². The molecule has 1 atom stereocenters. The number of hydrogen-bond donors (Lipinski definition) is 0. The second kappa shape index (κ2) is 7.94. The number of halogens is 3. The summed E-state index contributed by atoms with van der Waals surface area (Å²) < 4.78 is 49.9. The Balaban J connectivity index is 1.84. The summed E-state index contributed by atoms with van der Waals surface area (Å²) in [6, 6.07) is 6.45. The Bertz CT molecular complexity index is 875. The van der Waals surface area contributed by atoms with E-state index in [-0.39, 0.29) is 18.6 Å². The number of alkyl halides is 3. The zero-order valence-electron chi connectivity index (χ0n) is 15.1. The van der Waals surface area contributed by atoms with Gasteiger partial charge in [-0.15, -0.1) is 0 Å². The molecule has 1 aromatic carbocycles. The molecule has 2 heterocycles. The van der Waals surface area contributed by atoms with Gasteiger partial charge in [0.1, 0.15) is 6.26 Å². The summed E-state index contributed by atoms with van der Waals surface area (Å²) in [5.74, 6) is -0.216. The number of furan rings is 1. The number of nitrogens with zero attached hydrogens (tertiary/aromatic N) is 3. The van der Waals surface area contributed by atoms with E-state index in [0.717, 1.165) is 6.07 Å². The van der Waals surface area contributed by atoms with Crippen LogP contribution in [0.2, 0.25) is 0 Å². The molecule has 1 unspecified atom stereocenters. The van der Waals surface area contributed by atoms with Crippen LogP contribution in [-0.4, -0.2) is 50.2 Å². The van der Waals surface area contributed by atoms with Gasteiger partial charge >= 0.3 is 6.18 Å². The number of carbonyl (C=O) groups excluding carboxylic acids is 1. The molecule has 0 bridgehead atoms. The summed E-state index contributed by atoms with van der Waals surface area (Å²) in [5, 5.41) is 8.95. The minimum atomic E-state index is -4.62. The molecular formula is C19H18F3N3O3. The average molecular weight is 393 g/mol. The standard InChI is InChI=1S/C19H18F3N3O3/c1-27-12-16-10-24(5-6-25(16)18(26)14-4-7-28-11-14)15-3-2-13(9-23)17(8-15)19(20,21)22/h2-4,7-8,11,16H,5-6,10,12H2,1H3. The van der Waals surface area contributed by atoms with E-state index in [1.54, 1.807) is 21.9 Å². The molecule has 0 N–H and O–H groups in total. The van der Waals surface area contributed by atoms with E-state index in [2.05, 4.69) is 0 Å². The van der Waals surface area contributed by atoms with Crippen LogP contribution < -0.4 is 4.90 Å². The van der Waals surface area contributed by atoms with Gasteiger partial charge in [-0.1, -0.05) is 0 Å². The second-order valence-electron chi connectivity index (χ2n) is 6.41. The van der Waals surface area contributed by atoms with Crippen molar-refractivity contribution in [2.45, 2.75) is 12.2 Å². The van der Waals surface area contributed by atoms with Crippen LogP contribution in [-0.2, 0) is 10.9 Å². The van der Waals surface area contributed by atoms with Crippen molar-refractivity contribution in [2.24, 2.45) is 0 Å². The van der Waals surface area contributed by atoms with Crippen LogP contribution in [0.3, 0.4) is 0 Å². The fraction of sp³-hybridized carbons (Fsp3) is 0.368. The Morgan fingerprint density at radius 2 is 2.14 bits per heavy atom. The smallest absolute Gasteiger partial charge is 0.417 e. The van der Waals surface area contributed by atoms with Crippen molar-refractivity contribution in [1.82, 2.24) is 4.90 Å². The third kappa shape index (κ3) is 3.97. The first-order valence-electron chi connectivity index (χ1n) is 8.53. The molecule has 9 heteroatoms. The van der Waals surface area contributed by atoms with Gasteiger partial charge in [-0.25, -0.2) is 0 Å². The van der Waals surface area contributed by atoms with Crippen LogP contribution in [0.5, 0.6) is 0 Å². The number of carbonyl (C=O) groups is 1. The quantitative estimate of drug-likeness (QED) is 0.798. The fourth-order valence-electron chi connectivity index (χ4n) is 3.31. The van der Waals surface area contributed by atoms with Crippen molar-refractivity contribution in [3.63, 3.8) is 0 Å². The molecule has 3 rings (SSSR count). The molecule has 148 valence electrons. The monoisotopic (exact) mass is 393 g/mol. The number of ether oxygens (including phenoxy) is 1. The Morgan fingerprint density at radius 1 is 1.36 bits per heavy atom. The van der Waals surface area contributed by atoms with Gasteiger partial charge in [0.05, 0.1) is 41.7 Å². The summed E-state index contributed by atoms with van der Waals surface area (Å²) in [5.41, 5.74) is -0.624. The first kappa shape index (κ1) is 19.8. The molecule has 1 aliphatic heterocycles. The summed E-state index contributed by atoms with van der Waals surface area (Å²) in [6.07, 6.45) is -1.86. The third-order valence-electron chi connectivity index (χ3n) is 4.66. The van der Waals surface area contributed by atoms with Crippen molar-refractivity contribution in [1.29, 1.82) is 5.26 Å². The van der Waals surface area contributed by atoms with Gasteiger partial charge in [0.2, 0.25) is 0 Å². The molecule has 1 fully saturated rings. The Kier molecular flexibility index (Phi) is 5.61. The first-order chi connectivity index (χ1) is 13.3. The van der Waals surface area contributed by atoms with Crippen molar-refractivity contribution >= 4 is 11.6 Å². The highest BCUT2D eigenvalue weighted by Crippen LogP contribution is 2.35. The predicted octanol–water partition coefficient (Wildman–Crippen LogP) is 3.15. The van der Waals surface area contributed by atoms with Crippen LogP contribution in [0.1, 0.15) is 21.5 Å². The molecule has 1 saturated heterocycles. The van der Waals surface area contributed by atoms with E-state index in [9.17, 15) is 18.0 Å². The lowest BCUT2D eigenvalue weighted by molar-refractivity contribution is -0.137. The van der Waals surface area contributed by atoms with Crippen LogP contribution in [0.15, 0.2) is 41.2 Å². The molecule has 28 heavy (non-hydrogen) atoms. The van der Waals surface area contributed by atoms with Crippen LogP contribution in [0.4, 0.5) is 18.9 Å². The van der Waals surface area contributed by atoms with Crippen molar-refractivity contribution in [3.8, 4) is 6.07 Å². The predicted molar refractivity (Wildman–Crippen MR) is 93.8 cm³/mol. The lowest BCUT2D eigenvalue weighted by Gasteiger charge is -2.42. The highest BCUT2D eigenvalue weighted by atomic mass is 19.4. The lowest BCUT2D eigenvalue weighted by atomic mass is 10.0. The largest absolute Gasteiger partial charge is 0.472 e. The van der Waals surface area contributed by atoms with E-state index >= 15 is 0 Å². The summed E-state index contributed by atoms with van der Waals surface area (Å²) in [6.45, 7) is 1.22. The second-order valence-corrected chi connectivity index (χ2v) is 6.41. The number of piperazine rings is 1.